The molecule has 0 aliphatic rings. The van der Waals surface area contributed by atoms with Gasteiger partial charge in [-0.15, -0.1) is 0 Å². The van der Waals surface area contributed by atoms with Crippen LogP contribution in [0.4, 0.5) is 5.69 Å². The third-order valence-corrected chi connectivity index (χ3v) is 5.53. The molecule has 1 amide bonds. The topological polar surface area (TPSA) is 75.6 Å². The summed E-state index contributed by atoms with van der Waals surface area (Å²) in [5.74, 6) is -0.703. The van der Waals surface area contributed by atoms with Gasteiger partial charge in [0.2, 0.25) is 5.91 Å². The molecule has 0 aliphatic heterocycles. The Morgan fingerprint density at radius 1 is 1.03 bits per heavy atom. The molecule has 0 fully saturated rings. The average Bonchev–Trinajstić information content (AvgIpc) is 2.79. The van der Waals surface area contributed by atoms with Crippen LogP contribution in [0, 0.1) is 0 Å². The van der Waals surface area contributed by atoms with Crippen LogP contribution in [0.3, 0.4) is 0 Å². The van der Waals surface area contributed by atoms with Crippen LogP contribution >= 0.6 is 11.6 Å². The Morgan fingerprint density at radius 3 is 2.47 bits per heavy atom. The fourth-order valence-electron chi connectivity index (χ4n) is 3.37. The monoisotopic (exact) mass is 451 g/mol. The second kappa shape index (κ2) is 11.3. The molecule has 5 nitrogen and oxygen atoms in total. The first-order valence-corrected chi connectivity index (χ1v) is 10.9. The zero-order chi connectivity index (χ0) is 22.9. The second-order valence-electron chi connectivity index (χ2n) is 7.57. The van der Waals surface area contributed by atoms with Crippen LogP contribution in [0.5, 0.6) is 5.75 Å². The van der Waals surface area contributed by atoms with Crippen molar-refractivity contribution in [2.24, 2.45) is 0 Å². The molecule has 0 saturated carbocycles. The number of aliphatic carboxylic acids is 1. The number of nitrogens with one attached hydrogen (secondary N) is 1. The molecule has 1 unspecified atom stereocenters. The van der Waals surface area contributed by atoms with E-state index in [1.807, 2.05) is 73.7 Å². The van der Waals surface area contributed by atoms with Crippen molar-refractivity contribution in [3.05, 3.63) is 94.5 Å². The fraction of sp³-hybridized carbons (Fsp3) is 0.231. The Hall–Kier alpha value is -3.31. The Bertz CT molecular complexity index is 1070. The largest absolute Gasteiger partial charge is 0.489 e. The van der Waals surface area contributed by atoms with E-state index < -0.39 is 11.9 Å². The van der Waals surface area contributed by atoms with E-state index in [1.165, 1.54) is 0 Å². The number of carbonyl (C=O) groups excluding carboxylic acids is 1. The number of amides is 1. The number of aryl methyl sites for hydroxylation is 1. The van der Waals surface area contributed by atoms with Crippen LogP contribution < -0.4 is 10.1 Å². The van der Waals surface area contributed by atoms with Crippen molar-refractivity contribution in [3.8, 4) is 5.75 Å². The summed E-state index contributed by atoms with van der Waals surface area (Å²) in [5.41, 5.74) is 3.20. The number of carboxylic acids is 1. The first kappa shape index (κ1) is 23.4. The molecule has 2 N–H and O–H groups in total. The van der Waals surface area contributed by atoms with Crippen LogP contribution in [0.15, 0.2) is 72.8 Å². The molecule has 3 aromatic rings. The van der Waals surface area contributed by atoms with Gasteiger partial charge in [-0.1, -0.05) is 60.1 Å². The van der Waals surface area contributed by atoms with Gasteiger partial charge in [0.15, 0.2) is 0 Å². The summed E-state index contributed by atoms with van der Waals surface area (Å²) in [7, 11) is 0. The van der Waals surface area contributed by atoms with E-state index >= 15 is 0 Å². The standard InChI is InChI=1S/C26H26ClNO4/c1-18(22-11-5-6-12-23(22)27)26(31)28-24-16-19(17-32-21-9-3-2-4-10-21)14-15-20(24)8-7-13-25(29)30/h2-6,9-12,14-16,18H,7-8,13,17H2,1H3,(H,28,31)(H,29,30). The van der Waals surface area contributed by atoms with Crippen molar-refractivity contribution >= 4 is 29.2 Å². The Morgan fingerprint density at radius 2 is 1.75 bits per heavy atom. The van der Waals surface area contributed by atoms with Crippen LogP contribution in [0.1, 0.15) is 42.4 Å². The molecule has 0 aliphatic carbocycles. The Kier molecular flexibility index (Phi) is 8.28. The lowest BCUT2D eigenvalue weighted by molar-refractivity contribution is -0.137. The molecule has 0 saturated heterocycles. The molecule has 0 heterocycles. The highest BCUT2D eigenvalue weighted by atomic mass is 35.5. The lowest BCUT2D eigenvalue weighted by Gasteiger charge is -2.17. The molecule has 6 heteroatoms. The van der Waals surface area contributed by atoms with Crippen molar-refractivity contribution < 1.29 is 19.4 Å². The van der Waals surface area contributed by atoms with E-state index in [9.17, 15) is 9.59 Å². The van der Waals surface area contributed by atoms with E-state index in [0.29, 0.717) is 30.2 Å². The van der Waals surface area contributed by atoms with E-state index in [4.69, 9.17) is 21.4 Å². The average molecular weight is 452 g/mol. The summed E-state index contributed by atoms with van der Waals surface area (Å²) in [6.07, 6.45) is 1.10. The molecule has 0 spiro atoms. The number of para-hydroxylation sites is 1. The van der Waals surface area contributed by atoms with Gasteiger partial charge in [-0.3, -0.25) is 9.59 Å². The Labute approximate surface area is 193 Å². The number of carboxylic acid groups (broad SMARTS) is 1. The summed E-state index contributed by atoms with van der Waals surface area (Å²) in [6, 6.07) is 22.5. The van der Waals surface area contributed by atoms with Crippen LogP contribution in [0.2, 0.25) is 5.02 Å². The summed E-state index contributed by atoms with van der Waals surface area (Å²) >= 11 is 6.27. The highest BCUT2D eigenvalue weighted by Crippen LogP contribution is 2.27. The van der Waals surface area contributed by atoms with Gasteiger partial charge in [-0.05, 0) is 60.7 Å². The van der Waals surface area contributed by atoms with Gasteiger partial charge >= 0.3 is 5.97 Å². The minimum Gasteiger partial charge on any atom is -0.489 e. The maximum atomic E-state index is 13.0. The zero-order valence-corrected chi connectivity index (χ0v) is 18.6. The first-order valence-electron chi connectivity index (χ1n) is 10.5. The van der Waals surface area contributed by atoms with Crippen molar-refractivity contribution in [1.82, 2.24) is 0 Å². The minimum absolute atomic E-state index is 0.0717. The smallest absolute Gasteiger partial charge is 0.303 e. The number of hydrogen-bond donors (Lipinski definition) is 2. The van der Waals surface area contributed by atoms with Crippen molar-refractivity contribution in [3.63, 3.8) is 0 Å². The highest BCUT2D eigenvalue weighted by molar-refractivity contribution is 6.31. The molecule has 1 atom stereocenters. The molecule has 0 bridgehead atoms. The van der Waals surface area contributed by atoms with Crippen LogP contribution in [0.25, 0.3) is 0 Å². The predicted molar refractivity (Wildman–Crippen MR) is 126 cm³/mol. The number of ether oxygens (including phenoxy) is 1. The van der Waals surface area contributed by atoms with Gasteiger partial charge in [0.05, 0.1) is 5.92 Å². The number of anilines is 1. The number of halogens is 1. The van der Waals surface area contributed by atoms with E-state index in [2.05, 4.69) is 5.32 Å². The Balaban J connectivity index is 1.78. The van der Waals surface area contributed by atoms with Gasteiger partial charge in [0.25, 0.3) is 0 Å². The van der Waals surface area contributed by atoms with Crippen molar-refractivity contribution in [2.45, 2.75) is 38.7 Å². The first-order chi connectivity index (χ1) is 15.4. The maximum absolute atomic E-state index is 13.0. The fourth-order valence-corrected chi connectivity index (χ4v) is 3.67. The van der Waals surface area contributed by atoms with Crippen LogP contribution in [-0.4, -0.2) is 17.0 Å². The normalized spacial score (nSPS) is 11.6. The summed E-state index contributed by atoms with van der Waals surface area (Å²) in [5, 5.41) is 12.5. The second-order valence-corrected chi connectivity index (χ2v) is 7.98. The predicted octanol–water partition coefficient (Wildman–Crippen LogP) is 6.07. The van der Waals surface area contributed by atoms with E-state index in [0.717, 1.165) is 22.4 Å². The molecule has 0 radical (unpaired) electrons. The lowest BCUT2D eigenvalue weighted by Crippen LogP contribution is -2.20. The summed E-state index contributed by atoms with van der Waals surface area (Å²) in [6.45, 7) is 2.16. The van der Waals surface area contributed by atoms with E-state index in [1.54, 1.807) is 6.07 Å². The van der Waals surface area contributed by atoms with E-state index in [-0.39, 0.29) is 12.3 Å². The molecule has 3 rings (SSSR count). The van der Waals surface area contributed by atoms with Crippen LogP contribution in [-0.2, 0) is 22.6 Å². The number of rotatable bonds is 10. The number of benzene rings is 3. The maximum Gasteiger partial charge on any atom is 0.303 e. The van der Waals surface area contributed by atoms with Crippen molar-refractivity contribution in [1.29, 1.82) is 0 Å². The van der Waals surface area contributed by atoms with Gasteiger partial charge in [-0.2, -0.15) is 0 Å². The minimum atomic E-state index is -0.837. The summed E-state index contributed by atoms with van der Waals surface area (Å²) in [4.78, 5) is 23.9. The van der Waals surface area contributed by atoms with Gasteiger partial charge in [0, 0.05) is 17.1 Å². The van der Waals surface area contributed by atoms with Crippen molar-refractivity contribution in [2.75, 3.05) is 5.32 Å². The molecule has 3 aromatic carbocycles. The molecule has 166 valence electrons. The third-order valence-electron chi connectivity index (χ3n) is 5.18. The third kappa shape index (κ3) is 6.59. The highest BCUT2D eigenvalue weighted by Gasteiger charge is 2.19. The van der Waals surface area contributed by atoms with Gasteiger partial charge < -0.3 is 15.2 Å². The van der Waals surface area contributed by atoms with Gasteiger partial charge in [-0.25, -0.2) is 0 Å². The molecular weight excluding hydrogens is 426 g/mol. The zero-order valence-electron chi connectivity index (χ0n) is 17.9. The van der Waals surface area contributed by atoms with Gasteiger partial charge in [0.1, 0.15) is 12.4 Å². The lowest BCUT2D eigenvalue weighted by atomic mass is 9.99. The number of hydrogen-bond acceptors (Lipinski definition) is 3. The molecule has 32 heavy (non-hydrogen) atoms. The molecular formula is C26H26ClNO4. The SMILES string of the molecule is CC(C(=O)Nc1cc(COc2ccccc2)ccc1CCCC(=O)O)c1ccccc1Cl. The molecule has 0 aromatic heterocycles. The number of carbonyl (C=O) groups is 2. The quantitative estimate of drug-likeness (QED) is 0.392. The summed E-state index contributed by atoms with van der Waals surface area (Å²) < 4.78 is 5.83.